The summed E-state index contributed by atoms with van der Waals surface area (Å²) in [7, 11) is 3.18. The van der Waals surface area contributed by atoms with E-state index in [0.717, 1.165) is 47.7 Å². The third-order valence-electron chi connectivity index (χ3n) is 4.86. The van der Waals surface area contributed by atoms with Gasteiger partial charge in [0.2, 0.25) is 0 Å². The Morgan fingerprint density at radius 2 is 1.73 bits per heavy atom. The molecule has 0 fully saturated rings. The van der Waals surface area contributed by atoms with Gasteiger partial charge in [-0.25, -0.2) is 9.78 Å². The summed E-state index contributed by atoms with van der Waals surface area (Å²) >= 11 is 1.52. The molecule has 3 rings (SSSR count). The van der Waals surface area contributed by atoms with Crippen LogP contribution in [0.4, 0.5) is 0 Å². The summed E-state index contributed by atoms with van der Waals surface area (Å²) in [5.74, 6) is 0. The summed E-state index contributed by atoms with van der Waals surface area (Å²) in [4.78, 5) is 32.7. The molecule has 0 amide bonds. The lowest BCUT2D eigenvalue weighted by Gasteiger charge is -2.21. The van der Waals surface area contributed by atoms with Crippen LogP contribution in [0, 0.1) is 0 Å². The van der Waals surface area contributed by atoms with Gasteiger partial charge in [-0.05, 0) is 25.9 Å². The molecule has 0 aliphatic carbocycles. The molecule has 0 radical (unpaired) electrons. The number of unbranched alkanes of at least 4 members (excludes halogenated alkanes) is 2. The van der Waals surface area contributed by atoms with Crippen LogP contribution in [0.2, 0.25) is 0 Å². The molecule has 7 nitrogen and oxygen atoms in total. The first kappa shape index (κ1) is 18.8. The molecule has 8 heteroatoms. The quantitative estimate of drug-likeness (QED) is 0.604. The molecule has 0 atom stereocenters. The fraction of sp³-hybridized carbons (Fsp3) is 0.611. The van der Waals surface area contributed by atoms with E-state index < -0.39 is 0 Å². The number of fused-ring (bicyclic) bond motifs is 3. The van der Waals surface area contributed by atoms with E-state index in [1.54, 1.807) is 7.05 Å². The van der Waals surface area contributed by atoms with Gasteiger partial charge in [-0.1, -0.05) is 26.7 Å². The molecule has 0 N–H and O–H groups in total. The van der Waals surface area contributed by atoms with Crippen molar-refractivity contribution >= 4 is 27.5 Å². The van der Waals surface area contributed by atoms with Gasteiger partial charge in [-0.3, -0.25) is 23.2 Å². The molecular weight excluding hydrogens is 350 g/mol. The molecule has 3 aromatic rings. The van der Waals surface area contributed by atoms with Gasteiger partial charge in [-0.2, -0.15) is 0 Å². The number of thiazole rings is 1. The highest BCUT2D eigenvalue weighted by molar-refractivity contribution is 7.15. The van der Waals surface area contributed by atoms with Crippen LogP contribution >= 0.6 is 11.3 Å². The van der Waals surface area contributed by atoms with E-state index in [4.69, 9.17) is 0 Å². The van der Waals surface area contributed by atoms with Gasteiger partial charge in [0, 0.05) is 31.7 Å². The van der Waals surface area contributed by atoms with Gasteiger partial charge in [0.1, 0.15) is 0 Å². The Labute approximate surface area is 156 Å². The first-order valence-corrected chi connectivity index (χ1v) is 10.1. The van der Waals surface area contributed by atoms with Crippen LogP contribution in [0.3, 0.4) is 0 Å². The molecule has 0 bridgehead atoms. The molecule has 3 heterocycles. The normalized spacial score (nSPS) is 12.0. The Balaban J connectivity index is 2.09. The number of aryl methyl sites for hydroxylation is 1. The zero-order valence-electron chi connectivity index (χ0n) is 16.0. The average molecular weight is 378 g/mol. The molecule has 0 aliphatic heterocycles. The van der Waals surface area contributed by atoms with Crippen LogP contribution in [-0.4, -0.2) is 36.5 Å². The highest BCUT2D eigenvalue weighted by Crippen LogP contribution is 2.22. The van der Waals surface area contributed by atoms with Gasteiger partial charge in [0.05, 0.1) is 0 Å². The lowest BCUT2D eigenvalue weighted by atomic mass is 10.2. The maximum absolute atomic E-state index is 12.7. The van der Waals surface area contributed by atoms with Gasteiger partial charge < -0.3 is 0 Å². The zero-order chi connectivity index (χ0) is 18.8. The first-order chi connectivity index (χ1) is 12.5. The van der Waals surface area contributed by atoms with Crippen LogP contribution < -0.4 is 11.2 Å². The SMILES string of the molecule is CCCCN(CCCC)Cc1csc2nc3c(c(=O)n(C)c(=O)n3C)n12. The second kappa shape index (κ2) is 7.75. The molecule has 0 saturated carbocycles. The predicted molar refractivity (Wildman–Crippen MR) is 106 cm³/mol. The number of imidazole rings is 1. The van der Waals surface area contributed by atoms with Crippen LogP contribution in [0.15, 0.2) is 15.0 Å². The summed E-state index contributed by atoms with van der Waals surface area (Å²) in [6, 6.07) is 0. The molecule has 0 spiro atoms. The Morgan fingerprint density at radius 1 is 1.08 bits per heavy atom. The van der Waals surface area contributed by atoms with Crippen LogP contribution in [0.25, 0.3) is 16.1 Å². The molecule has 26 heavy (non-hydrogen) atoms. The van der Waals surface area contributed by atoms with Gasteiger partial charge in [-0.15, -0.1) is 11.3 Å². The van der Waals surface area contributed by atoms with E-state index in [-0.39, 0.29) is 11.2 Å². The van der Waals surface area contributed by atoms with Crippen LogP contribution in [0.5, 0.6) is 0 Å². The third-order valence-corrected chi connectivity index (χ3v) is 5.73. The van der Waals surface area contributed by atoms with E-state index in [0.29, 0.717) is 11.2 Å². The van der Waals surface area contributed by atoms with Crippen molar-refractivity contribution in [1.29, 1.82) is 0 Å². The Hall–Kier alpha value is -1.93. The molecule has 3 aromatic heterocycles. The molecule has 0 unspecified atom stereocenters. The monoisotopic (exact) mass is 377 g/mol. The summed E-state index contributed by atoms with van der Waals surface area (Å²) in [5, 5.41) is 2.08. The lowest BCUT2D eigenvalue weighted by Crippen LogP contribution is -2.37. The predicted octanol–water partition coefficient (Wildman–Crippen LogP) is 2.35. The van der Waals surface area contributed by atoms with Crippen molar-refractivity contribution in [3.63, 3.8) is 0 Å². The Kier molecular flexibility index (Phi) is 5.62. The first-order valence-electron chi connectivity index (χ1n) is 9.26. The highest BCUT2D eigenvalue weighted by Gasteiger charge is 2.19. The van der Waals surface area contributed by atoms with E-state index in [1.807, 2.05) is 4.40 Å². The van der Waals surface area contributed by atoms with Gasteiger partial charge in [0.15, 0.2) is 16.1 Å². The molecule has 0 saturated heterocycles. The standard InChI is InChI=1S/C18H27N5O2S/c1-5-7-9-22(10-8-6-2)11-13-12-26-17-19-15-14(23(13)17)16(24)21(4)18(25)20(15)3/h12H,5-11H2,1-4H3. The minimum atomic E-state index is -0.345. The molecule has 142 valence electrons. The zero-order valence-corrected chi connectivity index (χ0v) is 16.8. The summed E-state index contributed by atoms with van der Waals surface area (Å²) in [5.41, 5.74) is 1.38. The van der Waals surface area contributed by atoms with Crippen molar-refractivity contribution in [3.05, 3.63) is 31.9 Å². The smallest absolute Gasteiger partial charge is 0.298 e. The lowest BCUT2D eigenvalue weighted by molar-refractivity contribution is 0.254. The van der Waals surface area contributed by atoms with Gasteiger partial charge in [0.25, 0.3) is 5.56 Å². The molecular formula is C18H27N5O2S. The second-order valence-electron chi connectivity index (χ2n) is 6.82. The van der Waals surface area contributed by atoms with E-state index in [2.05, 4.69) is 29.1 Å². The second-order valence-corrected chi connectivity index (χ2v) is 7.65. The number of rotatable bonds is 8. The Morgan fingerprint density at radius 3 is 2.35 bits per heavy atom. The largest absolute Gasteiger partial charge is 0.332 e. The number of aromatic nitrogens is 4. The summed E-state index contributed by atoms with van der Waals surface area (Å²) < 4.78 is 4.54. The number of hydrogen-bond donors (Lipinski definition) is 0. The van der Waals surface area contributed by atoms with Crippen molar-refractivity contribution in [2.75, 3.05) is 13.1 Å². The summed E-state index contributed by atoms with van der Waals surface area (Å²) in [6.45, 7) is 7.30. The van der Waals surface area contributed by atoms with E-state index in [1.165, 1.54) is 35.8 Å². The third kappa shape index (κ3) is 3.23. The van der Waals surface area contributed by atoms with Crippen molar-refractivity contribution in [1.82, 2.24) is 23.4 Å². The molecule has 0 aromatic carbocycles. The van der Waals surface area contributed by atoms with Crippen molar-refractivity contribution < 1.29 is 0 Å². The van der Waals surface area contributed by atoms with Gasteiger partial charge >= 0.3 is 5.69 Å². The van der Waals surface area contributed by atoms with E-state index >= 15 is 0 Å². The summed E-state index contributed by atoms with van der Waals surface area (Å²) in [6.07, 6.45) is 4.66. The van der Waals surface area contributed by atoms with Crippen molar-refractivity contribution in [2.24, 2.45) is 14.1 Å². The highest BCUT2D eigenvalue weighted by atomic mass is 32.1. The number of hydrogen-bond acceptors (Lipinski definition) is 5. The van der Waals surface area contributed by atoms with Crippen molar-refractivity contribution in [3.8, 4) is 0 Å². The maximum Gasteiger partial charge on any atom is 0.332 e. The topological polar surface area (TPSA) is 64.5 Å². The Bertz CT molecular complexity index is 1020. The van der Waals surface area contributed by atoms with Crippen LogP contribution in [-0.2, 0) is 20.6 Å². The fourth-order valence-corrected chi connectivity index (χ4v) is 4.14. The number of nitrogens with zero attached hydrogens (tertiary/aromatic N) is 5. The van der Waals surface area contributed by atoms with Crippen molar-refractivity contribution in [2.45, 2.75) is 46.1 Å². The fourth-order valence-electron chi connectivity index (χ4n) is 3.27. The maximum atomic E-state index is 12.7. The average Bonchev–Trinajstić information content (AvgIpc) is 3.20. The molecule has 0 aliphatic rings. The van der Waals surface area contributed by atoms with E-state index in [9.17, 15) is 9.59 Å². The minimum Gasteiger partial charge on any atom is -0.298 e. The van der Waals surface area contributed by atoms with Crippen LogP contribution in [0.1, 0.15) is 45.2 Å². The minimum absolute atomic E-state index is 0.288.